The van der Waals surface area contributed by atoms with Crippen molar-refractivity contribution < 1.29 is 14.4 Å². The Hall–Kier alpha value is -2.25. The molecule has 4 aliphatic heterocycles. The Labute approximate surface area is 183 Å². The predicted molar refractivity (Wildman–Crippen MR) is 116 cm³/mol. The molecule has 0 saturated carbocycles. The van der Waals surface area contributed by atoms with Crippen molar-refractivity contribution in [2.75, 3.05) is 26.2 Å². The van der Waals surface area contributed by atoms with Gasteiger partial charge in [-0.3, -0.25) is 24.6 Å². The highest BCUT2D eigenvalue weighted by Crippen LogP contribution is 2.33. The van der Waals surface area contributed by atoms with Crippen LogP contribution in [0.25, 0.3) is 0 Å². The number of carbonyl (C=O) groups is 3. The van der Waals surface area contributed by atoms with Gasteiger partial charge in [0, 0.05) is 25.1 Å². The zero-order valence-corrected chi connectivity index (χ0v) is 18.1. The number of carbonyl (C=O) groups excluding carboxylic acids is 3. The Morgan fingerprint density at radius 1 is 0.935 bits per heavy atom. The van der Waals surface area contributed by atoms with Crippen molar-refractivity contribution in [1.82, 2.24) is 20.4 Å². The van der Waals surface area contributed by atoms with Crippen molar-refractivity contribution in [3.05, 3.63) is 34.9 Å². The highest BCUT2D eigenvalue weighted by molar-refractivity contribution is 6.05. The normalized spacial score (nSPS) is 26.3. The third kappa shape index (κ3) is 4.13. The summed E-state index contributed by atoms with van der Waals surface area (Å²) in [5.74, 6) is 1.04. The molecule has 1 aromatic rings. The molecule has 1 atom stereocenters. The second-order valence-corrected chi connectivity index (χ2v) is 9.54. The molecule has 5 rings (SSSR count). The first-order valence-corrected chi connectivity index (χ1v) is 11.8. The van der Waals surface area contributed by atoms with E-state index in [1.165, 1.54) is 44.3 Å². The maximum Gasteiger partial charge on any atom is 0.255 e. The Bertz CT molecular complexity index is 872. The smallest absolute Gasteiger partial charge is 0.255 e. The van der Waals surface area contributed by atoms with Crippen molar-refractivity contribution >= 4 is 17.7 Å². The van der Waals surface area contributed by atoms with Gasteiger partial charge in [0.25, 0.3) is 5.91 Å². The van der Waals surface area contributed by atoms with E-state index in [1.54, 1.807) is 4.90 Å². The Morgan fingerprint density at radius 3 is 2.42 bits per heavy atom. The summed E-state index contributed by atoms with van der Waals surface area (Å²) >= 11 is 0. The van der Waals surface area contributed by atoms with Crippen LogP contribution in [0.4, 0.5) is 0 Å². The lowest BCUT2D eigenvalue weighted by molar-refractivity contribution is -0.136. The van der Waals surface area contributed by atoms with Crippen LogP contribution in [-0.4, -0.2) is 59.7 Å². The van der Waals surface area contributed by atoms with Crippen LogP contribution in [0.1, 0.15) is 60.0 Å². The molecule has 7 heteroatoms. The number of benzene rings is 1. The first-order chi connectivity index (χ1) is 15.1. The second kappa shape index (κ2) is 8.71. The maximum absolute atomic E-state index is 13.0. The van der Waals surface area contributed by atoms with E-state index < -0.39 is 6.04 Å². The number of nitrogens with zero attached hydrogens (tertiary/aromatic N) is 2. The van der Waals surface area contributed by atoms with Gasteiger partial charge >= 0.3 is 0 Å². The zero-order chi connectivity index (χ0) is 21.4. The molecule has 0 aliphatic carbocycles. The fraction of sp³-hybridized carbons (Fsp3) is 0.625. The molecule has 0 spiro atoms. The largest absolute Gasteiger partial charge is 0.322 e. The lowest BCUT2D eigenvalue weighted by Gasteiger charge is -2.38. The molecule has 0 radical (unpaired) electrons. The number of piperidine rings is 3. The van der Waals surface area contributed by atoms with Crippen molar-refractivity contribution in [1.29, 1.82) is 0 Å². The van der Waals surface area contributed by atoms with Gasteiger partial charge in [-0.15, -0.1) is 0 Å². The molecule has 4 heterocycles. The number of nitrogens with one attached hydrogen (secondary N) is 2. The molecule has 4 aliphatic rings. The van der Waals surface area contributed by atoms with Gasteiger partial charge < -0.3 is 10.2 Å². The molecular formula is C24H32N4O3. The molecule has 31 heavy (non-hydrogen) atoms. The molecular weight excluding hydrogens is 392 g/mol. The number of likely N-dealkylation sites (tertiary alicyclic amines) is 1. The minimum atomic E-state index is -0.550. The van der Waals surface area contributed by atoms with Crippen molar-refractivity contribution in [3.63, 3.8) is 0 Å². The number of hydrogen-bond acceptors (Lipinski definition) is 5. The topological polar surface area (TPSA) is 81.8 Å². The van der Waals surface area contributed by atoms with Crippen LogP contribution in [0, 0.1) is 11.8 Å². The summed E-state index contributed by atoms with van der Waals surface area (Å²) < 4.78 is 0. The maximum atomic E-state index is 13.0. The van der Waals surface area contributed by atoms with E-state index in [0.717, 1.165) is 37.0 Å². The minimum absolute atomic E-state index is 0.0871. The first-order valence-electron chi connectivity index (χ1n) is 11.8. The van der Waals surface area contributed by atoms with E-state index in [-0.39, 0.29) is 24.1 Å². The van der Waals surface area contributed by atoms with Gasteiger partial charge in [0.15, 0.2) is 0 Å². The van der Waals surface area contributed by atoms with Gasteiger partial charge in [0.2, 0.25) is 11.8 Å². The molecule has 0 aromatic heterocycles. The molecule has 166 valence electrons. The standard InChI is InChI=1S/C24H32N4O3/c29-22-5-4-21(23(30)26-22)28-15-20-18(2-1-3-19(20)24(28)31)14-27-12-8-17(9-13-27)16-6-10-25-11-7-16/h1-3,16-17,21,25H,4-15H2,(H,26,29,30). The van der Waals surface area contributed by atoms with Gasteiger partial charge in [-0.1, -0.05) is 12.1 Å². The molecule has 3 saturated heterocycles. The monoisotopic (exact) mass is 424 g/mol. The fourth-order valence-electron chi connectivity index (χ4n) is 5.94. The van der Waals surface area contributed by atoms with Gasteiger partial charge in [-0.25, -0.2) is 0 Å². The van der Waals surface area contributed by atoms with E-state index in [4.69, 9.17) is 0 Å². The summed E-state index contributed by atoms with van der Waals surface area (Å²) in [5, 5.41) is 5.85. The number of hydrogen-bond donors (Lipinski definition) is 2. The van der Waals surface area contributed by atoms with Gasteiger partial charge in [-0.05, 0) is 87.3 Å². The Kier molecular flexibility index (Phi) is 5.80. The number of rotatable bonds is 4. The summed E-state index contributed by atoms with van der Waals surface area (Å²) in [5.41, 5.74) is 2.96. The SMILES string of the molecule is O=C1CCC(N2Cc3c(CN4CCC(C5CCNCC5)CC4)cccc3C2=O)C(=O)N1. The van der Waals surface area contributed by atoms with E-state index in [0.29, 0.717) is 18.5 Å². The van der Waals surface area contributed by atoms with Crippen LogP contribution in [0.3, 0.4) is 0 Å². The molecule has 2 N–H and O–H groups in total. The number of imide groups is 1. The minimum Gasteiger partial charge on any atom is -0.322 e. The summed E-state index contributed by atoms with van der Waals surface area (Å²) in [6.07, 6.45) is 5.85. The van der Waals surface area contributed by atoms with E-state index in [1.807, 2.05) is 12.1 Å². The van der Waals surface area contributed by atoms with Gasteiger partial charge in [0.05, 0.1) is 0 Å². The third-order valence-corrected chi connectivity index (χ3v) is 7.76. The molecule has 3 fully saturated rings. The molecule has 7 nitrogen and oxygen atoms in total. The second-order valence-electron chi connectivity index (χ2n) is 9.54. The van der Waals surface area contributed by atoms with Crippen LogP contribution in [0.5, 0.6) is 0 Å². The molecule has 3 amide bonds. The fourth-order valence-corrected chi connectivity index (χ4v) is 5.94. The van der Waals surface area contributed by atoms with Crippen LogP contribution in [0.15, 0.2) is 18.2 Å². The summed E-state index contributed by atoms with van der Waals surface area (Å²) in [7, 11) is 0. The van der Waals surface area contributed by atoms with Crippen LogP contribution < -0.4 is 10.6 Å². The molecule has 0 bridgehead atoms. The average Bonchev–Trinajstić information content (AvgIpc) is 3.12. The zero-order valence-electron chi connectivity index (χ0n) is 18.1. The Morgan fingerprint density at radius 2 is 1.68 bits per heavy atom. The van der Waals surface area contributed by atoms with E-state index in [2.05, 4.69) is 21.6 Å². The van der Waals surface area contributed by atoms with Crippen LogP contribution >= 0.6 is 0 Å². The lowest BCUT2D eigenvalue weighted by Crippen LogP contribution is -2.52. The van der Waals surface area contributed by atoms with E-state index >= 15 is 0 Å². The number of amides is 3. The Balaban J connectivity index is 1.24. The highest BCUT2D eigenvalue weighted by Gasteiger charge is 2.40. The lowest BCUT2D eigenvalue weighted by atomic mass is 9.79. The summed E-state index contributed by atoms with van der Waals surface area (Å²) in [6.45, 7) is 5.88. The predicted octanol–water partition coefficient (Wildman–Crippen LogP) is 1.66. The summed E-state index contributed by atoms with van der Waals surface area (Å²) in [4.78, 5) is 41.0. The van der Waals surface area contributed by atoms with E-state index in [9.17, 15) is 14.4 Å². The molecule has 1 aromatic carbocycles. The quantitative estimate of drug-likeness (QED) is 0.719. The first kappa shape index (κ1) is 20.6. The molecule has 1 unspecified atom stereocenters. The van der Waals surface area contributed by atoms with Gasteiger partial charge in [0.1, 0.15) is 6.04 Å². The average molecular weight is 425 g/mol. The summed E-state index contributed by atoms with van der Waals surface area (Å²) in [6, 6.07) is 5.41. The third-order valence-electron chi connectivity index (χ3n) is 7.76. The number of fused-ring (bicyclic) bond motifs is 1. The van der Waals surface area contributed by atoms with Crippen molar-refractivity contribution in [2.24, 2.45) is 11.8 Å². The van der Waals surface area contributed by atoms with Crippen LogP contribution in [-0.2, 0) is 22.7 Å². The van der Waals surface area contributed by atoms with Crippen molar-refractivity contribution in [2.45, 2.75) is 57.7 Å². The highest BCUT2D eigenvalue weighted by atomic mass is 16.2. The van der Waals surface area contributed by atoms with Gasteiger partial charge in [-0.2, -0.15) is 0 Å². The van der Waals surface area contributed by atoms with Crippen LogP contribution in [0.2, 0.25) is 0 Å². The van der Waals surface area contributed by atoms with Crippen molar-refractivity contribution in [3.8, 4) is 0 Å².